The van der Waals surface area contributed by atoms with Gasteiger partial charge >= 0.3 is 0 Å². The van der Waals surface area contributed by atoms with E-state index in [1.807, 2.05) is 6.92 Å². The van der Waals surface area contributed by atoms with Gasteiger partial charge in [-0.2, -0.15) is 0 Å². The molecule has 0 aromatic heterocycles. The van der Waals surface area contributed by atoms with Crippen molar-refractivity contribution < 1.29 is 31.1 Å². The Bertz CT molecular complexity index is 1230. The summed E-state index contributed by atoms with van der Waals surface area (Å²) >= 11 is 0. The number of carbonyl (C=O) groups excluding carboxylic acids is 1. The monoisotopic (exact) mass is 497 g/mol. The van der Waals surface area contributed by atoms with Crippen LogP contribution in [0.4, 0.5) is 5.69 Å². The molecule has 0 fully saturated rings. The summed E-state index contributed by atoms with van der Waals surface area (Å²) in [6.45, 7) is 1.99. The molecule has 0 unspecified atom stereocenters. The molecule has 2 aromatic rings. The molecule has 1 aliphatic rings. The first kappa shape index (κ1) is 24.8. The highest BCUT2D eigenvalue weighted by atomic mass is 32.2. The number of nitrogens with one attached hydrogen (secondary N) is 1. The average molecular weight is 498 g/mol. The molecule has 0 spiro atoms. The molecule has 0 aliphatic carbocycles. The van der Waals surface area contributed by atoms with E-state index in [1.54, 1.807) is 18.2 Å². The molecule has 0 bridgehead atoms. The Morgan fingerprint density at radius 1 is 1.15 bits per heavy atom. The number of sulfonamides is 2. The molecule has 180 valence electrons. The van der Waals surface area contributed by atoms with E-state index < -0.39 is 32.1 Å². The first-order valence-corrected chi connectivity index (χ1v) is 13.4. The minimum Gasteiger partial charge on any atom is -0.492 e. The van der Waals surface area contributed by atoms with Crippen LogP contribution in [0.5, 0.6) is 11.5 Å². The number of amides is 1. The summed E-state index contributed by atoms with van der Waals surface area (Å²) in [6, 6.07) is 11.1. The van der Waals surface area contributed by atoms with E-state index in [2.05, 4.69) is 5.32 Å². The molecule has 1 aliphatic heterocycles. The standard InChI is InChI=1S/C21H27N3O7S2/c1-15-5-10-18-19(13-15)31-20(14-24(18)32(4,26)27)21(25)22-11-12-30-16-6-8-17(9-7-16)33(28,29)23(2)3/h5-10,13,20H,11-12,14H2,1-4H3,(H,22,25)/t20-/m0/s1. The van der Waals surface area contributed by atoms with Gasteiger partial charge in [-0.1, -0.05) is 6.07 Å². The molecule has 2 aromatic carbocycles. The van der Waals surface area contributed by atoms with Crippen LogP contribution >= 0.6 is 0 Å². The number of benzene rings is 2. The smallest absolute Gasteiger partial charge is 0.263 e. The van der Waals surface area contributed by atoms with Crippen molar-refractivity contribution in [1.29, 1.82) is 0 Å². The van der Waals surface area contributed by atoms with Crippen molar-refractivity contribution in [2.24, 2.45) is 0 Å². The molecule has 33 heavy (non-hydrogen) atoms. The molecule has 0 saturated carbocycles. The summed E-state index contributed by atoms with van der Waals surface area (Å²) < 4.78 is 62.2. The van der Waals surface area contributed by atoms with Crippen LogP contribution in [0.3, 0.4) is 0 Å². The summed E-state index contributed by atoms with van der Waals surface area (Å²) in [6.07, 6.45) is 0.0735. The quantitative estimate of drug-likeness (QED) is 0.539. The highest BCUT2D eigenvalue weighted by molar-refractivity contribution is 7.92. The molecule has 12 heteroatoms. The molecule has 1 N–H and O–H groups in total. The van der Waals surface area contributed by atoms with Crippen molar-refractivity contribution in [2.75, 3.05) is 44.4 Å². The molecule has 0 radical (unpaired) electrons. The second kappa shape index (κ2) is 9.57. The lowest BCUT2D eigenvalue weighted by molar-refractivity contribution is -0.127. The van der Waals surface area contributed by atoms with E-state index >= 15 is 0 Å². The maximum Gasteiger partial charge on any atom is 0.263 e. The van der Waals surface area contributed by atoms with E-state index in [9.17, 15) is 21.6 Å². The van der Waals surface area contributed by atoms with Crippen molar-refractivity contribution in [3.8, 4) is 11.5 Å². The highest BCUT2D eigenvalue weighted by Crippen LogP contribution is 2.35. The summed E-state index contributed by atoms with van der Waals surface area (Å²) in [5, 5.41) is 2.68. The van der Waals surface area contributed by atoms with Crippen molar-refractivity contribution >= 4 is 31.6 Å². The normalized spacial score (nSPS) is 16.2. The number of ether oxygens (including phenoxy) is 2. The van der Waals surface area contributed by atoms with Gasteiger partial charge in [-0.05, 0) is 48.9 Å². The molecule has 10 nitrogen and oxygen atoms in total. The second-order valence-corrected chi connectivity index (χ2v) is 11.8. The molecular weight excluding hydrogens is 470 g/mol. The van der Waals surface area contributed by atoms with Crippen LogP contribution < -0.4 is 19.1 Å². The first-order valence-electron chi connectivity index (χ1n) is 10.1. The average Bonchev–Trinajstić information content (AvgIpc) is 2.75. The number of aryl methyl sites for hydroxylation is 1. The van der Waals surface area contributed by atoms with Crippen molar-refractivity contribution in [1.82, 2.24) is 9.62 Å². The topological polar surface area (TPSA) is 122 Å². The predicted molar refractivity (Wildman–Crippen MR) is 124 cm³/mol. The maximum absolute atomic E-state index is 12.6. The van der Waals surface area contributed by atoms with Crippen LogP contribution in [0.1, 0.15) is 5.56 Å². The lowest BCUT2D eigenvalue weighted by Gasteiger charge is -2.34. The highest BCUT2D eigenvalue weighted by Gasteiger charge is 2.34. The van der Waals surface area contributed by atoms with Gasteiger partial charge in [-0.25, -0.2) is 21.1 Å². The largest absolute Gasteiger partial charge is 0.492 e. The second-order valence-electron chi connectivity index (χ2n) is 7.77. The number of nitrogens with zero attached hydrogens (tertiary/aromatic N) is 2. The molecule has 1 heterocycles. The van der Waals surface area contributed by atoms with Gasteiger partial charge in [-0.15, -0.1) is 0 Å². The van der Waals surface area contributed by atoms with Crippen molar-refractivity contribution in [3.05, 3.63) is 48.0 Å². The zero-order valence-electron chi connectivity index (χ0n) is 18.8. The van der Waals surface area contributed by atoms with Gasteiger partial charge in [0.25, 0.3) is 5.91 Å². The van der Waals surface area contributed by atoms with Gasteiger partial charge in [0.2, 0.25) is 20.0 Å². The third kappa shape index (κ3) is 5.75. The van der Waals surface area contributed by atoms with Crippen LogP contribution in [-0.4, -0.2) is 73.2 Å². The van der Waals surface area contributed by atoms with Crippen molar-refractivity contribution in [3.63, 3.8) is 0 Å². The SMILES string of the molecule is Cc1ccc2c(c1)O[C@H](C(=O)NCCOc1ccc(S(=O)(=O)N(C)C)cc1)CN2S(C)(=O)=O. The third-order valence-corrected chi connectivity index (χ3v) is 7.93. The zero-order valence-corrected chi connectivity index (χ0v) is 20.4. The maximum atomic E-state index is 12.6. The summed E-state index contributed by atoms with van der Waals surface area (Å²) in [7, 11) is -4.21. The Hall–Kier alpha value is -2.83. The Kier molecular flexibility index (Phi) is 7.20. The lowest BCUT2D eigenvalue weighted by Crippen LogP contribution is -2.51. The van der Waals surface area contributed by atoms with Crippen LogP contribution in [0.15, 0.2) is 47.4 Å². The fourth-order valence-electron chi connectivity index (χ4n) is 3.19. The van der Waals surface area contributed by atoms with Crippen LogP contribution in [0.25, 0.3) is 0 Å². The number of anilines is 1. The summed E-state index contributed by atoms with van der Waals surface area (Å²) in [5.41, 5.74) is 1.27. The number of hydrogen-bond acceptors (Lipinski definition) is 7. The van der Waals surface area contributed by atoms with E-state index in [-0.39, 0.29) is 24.6 Å². The van der Waals surface area contributed by atoms with E-state index in [0.29, 0.717) is 17.2 Å². The van der Waals surface area contributed by atoms with E-state index in [1.165, 1.54) is 38.4 Å². The fraction of sp³-hybridized carbons (Fsp3) is 0.381. The number of carbonyl (C=O) groups is 1. The molecule has 3 rings (SSSR count). The van der Waals surface area contributed by atoms with E-state index in [0.717, 1.165) is 20.4 Å². The minimum absolute atomic E-state index is 0.129. The molecule has 1 atom stereocenters. The van der Waals surface area contributed by atoms with Gasteiger partial charge in [0.15, 0.2) is 6.10 Å². The fourth-order valence-corrected chi connectivity index (χ4v) is 5.00. The van der Waals surface area contributed by atoms with Gasteiger partial charge < -0.3 is 14.8 Å². The Balaban J connectivity index is 1.57. The number of hydrogen-bond donors (Lipinski definition) is 1. The van der Waals surface area contributed by atoms with Gasteiger partial charge in [0, 0.05) is 14.1 Å². The van der Waals surface area contributed by atoms with Gasteiger partial charge in [-0.3, -0.25) is 9.10 Å². The van der Waals surface area contributed by atoms with Gasteiger partial charge in [0.1, 0.15) is 18.1 Å². The Labute approximate surface area is 194 Å². The minimum atomic E-state index is -3.60. The third-order valence-electron chi connectivity index (χ3n) is 4.95. The predicted octanol–water partition coefficient (Wildman–Crippen LogP) is 0.968. The van der Waals surface area contributed by atoms with Gasteiger partial charge in [0.05, 0.1) is 29.9 Å². The van der Waals surface area contributed by atoms with Crippen LogP contribution in [-0.2, 0) is 24.8 Å². The zero-order chi connectivity index (χ0) is 24.4. The van der Waals surface area contributed by atoms with Crippen molar-refractivity contribution in [2.45, 2.75) is 17.9 Å². The summed E-state index contributed by atoms with van der Waals surface area (Å²) in [4.78, 5) is 12.8. The Morgan fingerprint density at radius 3 is 2.42 bits per heavy atom. The Morgan fingerprint density at radius 2 is 1.82 bits per heavy atom. The van der Waals surface area contributed by atoms with Crippen LogP contribution in [0.2, 0.25) is 0 Å². The summed E-state index contributed by atoms with van der Waals surface area (Å²) in [5.74, 6) is 0.311. The van der Waals surface area contributed by atoms with E-state index in [4.69, 9.17) is 9.47 Å². The first-order chi connectivity index (χ1) is 15.4. The molecule has 1 amide bonds. The number of rotatable bonds is 8. The molecule has 0 saturated heterocycles. The lowest BCUT2D eigenvalue weighted by atomic mass is 10.1. The molecular formula is C21H27N3O7S2. The van der Waals surface area contributed by atoms with Crippen LogP contribution in [0, 0.1) is 6.92 Å². The number of fused-ring (bicyclic) bond motifs is 1.